The maximum absolute atomic E-state index is 12.1. The summed E-state index contributed by atoms with van der Waals surface area (Å²) in [4.78, 5) is 13.7. The van der Waals surface area contributed by atoms with Crippen LogP contribution >= 0.6 is 11.6 Å². The number of rotatable bonds is 5. The van der Waals surface area contributed by atoms with E-state index in [-0.39, 0.29) is 12.5 Å². The van der Waals surface area contributed by atoms with Gasteiger partial charge >= 0.3 is 0 Å². The van der Waals surface area contributed by atoms with Crippen molar-refractivity contribution in [3.8, 4) is 11.4 Å². The Bertz CT molecular complexity index is 1100. The van der Waals surface area contributed by atoms with Gasteiger partial charge in [0.05, 0.1) is 10.7 Å². The summed E-state index contributed by atoms with van der Waals surface area (Å²) in [6, 6.07) is 22.0. The molecule has 0 bridgehead atoms. The van der Waals surface area contributed by atoms with E-state index in [1.807, 2.05) is 36.4 Å². The van der Waals surface area contributed by atoms with Gasteiger partial charge < -0.3 is 10.1 Å². The number of carbonyl (C=O) groups excluding carboxylic acids is 1. The predicted molar refractivity (Wildman–Crippen MR) is 104 cm³/mol. The Kier molecular flexibility index (Phi) is 4.72. The summed E-state index contributed by atoms with van der Waals surface area (Å²) in [7, 11) is 0. The van der Waals surface area contributed by atoms with E-state index in [9.17, 15) is 4.79 Å². The quantitative estimate of drug-likeness (QED) is 0.568. The lowest BCUT2D eigenvalue weighted by Crippen LogP contribution is -2.20. The third-order valence-corrected chi connectivity index (χ3v) is 4.16. The first-order chi connectivity index (χ1) is 13.2. The number of aromatic nitrogens is 3. The molecule has 3 aromatic carbocycles. The Labute approximate surface area is 160 Å². The summed E-state index contributed by atoms with van der Waals surface area (Å²) in [6.07, 6.45) is 0. The van der Waals surface area contributed by atoms with Gasteiger partial charge in [-0.1, -0.05) is 41.9 Å². The van der Waals surface area contributed by atoms with Crippen LogP contribution in [-0.2, 0) is 4.79 Å². The third-order valence-electron chi connectivity index (χ3n) is 3.85. The van der Waals surface area contributed by atoms with Gasteiger partial charge in [-0.15, -0.1) is 10.2 Å². The van der Waals surface area contributed by atoms with Gasteiger partial charge in [-0.05, 0) is 42.5 Å². The Hall–Kier alpha value is -3.38. The average Bonchev–Trinajstić information content (AvgIpc) is 3.11. The SMILES string of the molecule is O=C(COc1ccccc1Cl)Nc1ccc2nn(-c3ccccc3)nc2c1. The number of amides is 1. The molecule has 0 fully saturated rings. The number of ether oxygens (including phenoxy) is 1. The van der Waals surface area contributed by atoms with Gasteiger partial charge in [0.25, 0.3) is 5.91 Å². The lowest BCUT2D eigenvalue weighted by atomic mass is 10.3. The van der Waals surface area contributed by atoms with Crippen LogP contribution in [0.2, 0.25) is 5.02 Å². The number of hydrogen-bond donors (Lipinski definition) is 1. The van der Waals surface area contributed by atoms with Gasteiger partial charge in [0, 0.05) is 5.69 Å². The number of carbonyl (C=O) groups is 1. The minimum absolute atomic E-state index is 0.140. The number of anilines is 1. The van der Waals surface area contributed by atoms with Crippen LogP contribution in [0.15, 0.2) is 72.8 Å². The summed E-state index contributed by atoms with van der Waals surface area (Å²) in [6.45, 7) is -0.140. The van der Waals surface area contributed by atoms with E-state index in [1.165, 1.54) is 0 Å². The second-order valence-corrected chi connectivity index (χ2v) is 6.20. The van der Waals surface area contributed by atoms with E-state index in [0.717, 1.165) is 11.2 Å². The van der Waals surface area contributed by atoms with Gasteiger partial charge in [0.15, 0.2) is 6.61 Å². The summed E-state index contributed by atoms with van der Waals surface area (Å²) in [5, 5.41) is 12.2. The van der Waals surface area contributed by atoms with Gasteiger partial charge in [-0.3, -0.25) is 4.79 Å². The monoisotopic (exact) mass is 378 g/mol. The van der Waals surface area contributed by atoms with Crippen molar-refractivity contribution in [3.63, 3.8) is 0 Å². The molecule has 0 saturated heterocycles. The Morgan fingerprint density at radius 3 is 2.52 bits per heavy atom. The molecule has 0 atom stereocenters. The number of fused-ring (bicyclic) bond motifs is 1. The predicted octanol–water partition coefficient (Wildman–Crippen LogP) is 4.09. The van der Waals surface area contributed by atoms with E-state index in [0.29, 0.717) is 22.0 Å². The number of halogens is 1. The normalized spacial score (nSPS) is 10.7. The molecule has 0 unspecified atom stereocenters. The molecule has 4 aromatic rings. The van der Waals surface area contributed by atoms with Crippen LogP contribution < -0.4 is 10.1 Å². The highest BCUT2D eigenvalue weighted by atomic mass is 35.5. The molecule has 6 nitrogen and oxygen atoms in total. The lowest BCUT2D eigenvalue weighted by Gasteiger charge is -2.08. The first kappa shape index (κ1) is 17.1. The molecule has 134 valence electrons. The number of nitrogens with one attached hydrogen (secondary N) is 1. The van der Waals surface area contributed by atoms with Crippen molar-refractivity contribution in [1.29, 1.82) is 0 Å². The van der Waals surface area contributed by atoms with Gasteiger partial charge in [-0.2, -0.15) is 4.80 Å². The summed E-state index contributed by atoms with van der Waals surface area (Å²) in [5.41, 5.74) is 2.91. The maximum atomic E-state index is 12.1. The van der Waals surface area contributed by atoms with Crippen LogP contribution in [0.4, 0.5) is 5.69 Å². The molecule has 27 heavy (non-hydrogen) atoms. The molecular weight excluding hydrogens is 364 g/mol. The van der Waals surface area contributed by atoms with Crippen LogP contribution in [0, 0.1) is 0 Å². The highest BCUT2D eigenvalue weighted by Crippen LogP contribution is 2.23. The molecule has 1 N–H and O–H groups in total. The van der Waals surface area contributed by atoms with E-state index >= 15 is 0 Å². The fourth-order valence-corrected chi connectivity index (χ4v) is 2.76. The topological polar surface area (TPSA) is 69.0 Å². The van der Waals surface area contributed by atoms with Crippen molar-refractivity contribution in [1.82, 2.24) is 15.0 Å². The number of para-hydroxylation sites is 2. The third kappa shape index (κ3) is 3.91. The molecule has 0 spiro atoms. The minimum atomic E-state index is -0.287. The first-order valence-electron chi connectivity index (χ1n) is 8.29. The molecule has 0 saturated carbocycles. The van der Waals surface area contributed by atoms with Crippen LogP contribution in [0.5, 0.6) is 5.75 Å². The van der Waals surface area contributed by atoms with E-state index in [1.54, 1.807) is 41.2 Å². The highest BCUT2D eigenvalue weighted by molar-refractivity contribution is 6.32. The smallest absolute Gasteiger partial charge is 0.262 e. The van der Waals surface area contributed by atoms with Crippen molar-refractivity contribution < 1.29 is 9.53 Å². The molecule has 0 aliphatic rings. The fourth-order valence-electron chi connectivity index (χ4n) is 2.57. The molecule has 1 aromatic heterocycles. The average molecular weight is 379 g/mol. The van der Waals surface area contributed by atoms with Crippen molar-refractivity contribution in [3.05, 3.63) is 77.8 Å². The van der Waals surface area contributed by atoms with Crippen LogP contribution in [0.25, 0.3) is 16.7 Å². The molecule has 0 radical (unpaired) electrons. The molecule has 1 heterocycles. The molecule has 7 heteroatoms. The summed E-state index contributed by atoms with van der Waals surface area (Å²) >= 11 is 6.01. The molecule has 4 rings (SSSR count). The number of hydrogen-bond acceptors (Lipinski definition) is 4. The number of nitrogens with zero attached hydrogens (tertiary/aromatic N) is 3. The van der Waals surface area contributed by atoms with Gasteiger partial charge in [-0.25, -0.2) is 0 Å². The van der Waals surface area contributed by atoms with E-state index < -0.39 is 0 Å². The minimum Gasteiger partial charge on any atom is -0.482 e. The first-order valence-corrected chi connectivity index (χ1v) is 8.66. The van der Waals surface area contributed by atoms with Gasteiger partial charge in [0.2, 0.25) is 0 Å². The van der Waals surface area contributed by atoms with E-state index in [2.05, 4.69) is 15.5 Å². The lowest BCUT2D eigenvalue weighted by molar-refractivity contribution is -0.118. The van der Waals surface area contributed by atoms with Crippen molar-refractivity contribution in [2.24, 2.45) is 0 Å². The maximum Gasteiger partial charge on any atom is 0.262 e. The second kappa shape index (κ2) is 7.47. The Morgan fingerprint density at radius 2 is 1.70 bits per heavy atom. The highest BCUT2D eigenvalue weighted by Gasteiger charge is 2.09. The second-order valence-electron chi connectivity index (χ2n) is 5.80. The van der Waals surface area contributed by atoms with Crippen LogP contribution in [0.1, 0.15) is 0 Å². The Balaban J connectivity index is 1.46. The summed E-state index contributed by atoms with van der Waals surface area (Å²) in [5.74, 6) is 0.181. The standard InChI is InChI=1S/C20H15ClN4O2/c21-16-8-4-5-9-19(16)27-13-20(26)22-14-10-11-17-18(12-14)24-25(23-17)15-6-2-1-3-7-15/h1-12H,13H2,(H,22,26). The van der Waals surface area contributed by atoms with Crippen molar-refractivity contribution >= 4 is 34.2 Å². The molecule has 0 aliphatic heterocycles. The van der Waals surface area contributed by atoms with Gasteiger partial charge in [0.1, 0.15) is 16.8 Å². The van der Waals surface area contributed by atoms with Crippen molar-refractivity contribution in [2.45, 2.75) is 0 Å². The zero-order chi connectivity index (χ0) is 18.6. The zero-order valence-electron chi connectivity index (χ0n) is 14.2. The molecule has 0 aliphatic carbocycles. The summed E-state index contributed by atoms with van der Waals surface area (Å²) < 4.78 is 5.44. The fraction of sp³-hybridized carbons (Fsp3) is 0.0500. The largest absolute Gasteiger partial charge is 0.482 e. The van der Waals surface area contributed by atoms with Crippen LogP contribution in [0.3, 0.4) is 0 Å². The number of benzene rings is 3. The van der Waals surface area contributed by atoms with Crippen LogP contribution in [-0.4, -0.2) is 27.5 Å². The Morgan fingerprint density at radius 1 is 0.963 bits per heavy atom. The zero-order valence-corrected chi connectivity index (χ0v) is 14.9. The van der Waals surface area contributed by atoms with E-state index in [4.69, 9.17) is 16.3 Å². The molecule has 1 amide bonds. The molecular formula is C20H15ClN4O2. The van der Waals surface area contributed by atoms with Crippen molar-refractivity contribution in [2.75, 3.05) is 11.9 Å².